The van der Waals surface area contributed by atoms with E-state index in [1.807, 2.05) is 24.1 Å². The van der Waals surface area contributed by atoms with Crippen LogP contribution in [0.4, 0.5) is 0 Å². The van der Waals surface area contributed by atoms with E-state index in [4.69, 9.17) is 0 Å². The lowest BCUT2D eigenvalue weighted by atomic mass is 10.2. The summed E-state index contributed by atoms with van der Waals surface area (Å²) < 4.78 is 1.79. The van der Waals surface area contributed by atoms with E-state index in [2.05, 4.69) is 34.3 Å². The molecule has 2 aromatic rings. The second-order valence-electron chi connectivity index (χ2n) is 5.64. The van der Waals surface area contributed by atoms with E-state index in [1.54, 1.807) is 10.9 Å². The lowest BCUT2D eigenvalue weighted by Crippen LogP contribution is -2.48. The van der Waals surface area contributed by atoms with Crippen molar-refractivity contribution in [2.24, 2.45) is 0 Å². The Morgan fingerprint density at radius 3 is 2.50 bits per heavy atom. The topological polar surface area (TPSA) is 41.4 Å². The van der Waals surface area contributed by atoms with Gasteiger partial charge in [-0.05, 0) is 12.5 Å². The van der Waals surface area contributed by atoms with Gasteiger partial charge in [0.25, 0.3) is 5.91 Å². The summed E-state index contributed by atoms with van der Waals surface area (Å²) >= 11 is 0. The first-order valence-corrected chi connectivity index (χ1v) is 7.84. The highest BCUT2D eigenvalue weighted by Crippen LogP contribution is 2.11. The van der Waals surface area contributed by atoms with Crippen molar-refractivity contribution < 1.29 is 4.79 Å². The van der Waals surface area contributed by atoms with Gasteiger partial charge in [0, 0.05) is 45.5 Å². The molecule has 1 fully saturated rings. The van der Waals surface area contributed by atoms with Crippen LogP contribution in [-0.2, 0) is 13.1 Å². The summed E-state index contributed by atoms with van der Waals surface area (Å²) in [6.45, 7) is 7.16. The Hall–Kier alpha value is -2.14. The highest BCUT2D eigenvalue weighted by Gasteiger charge is 2.22. The number of amides is 1. The fourth-order valence-corrected chi connectivity index (χ4v) is 2.78. The second-order valence-corrected chi connectivity index (χ2v) is 5.64. The summed E-state index contributed by atoms with van der Waals surface area (Å²) in [5, 5.41) is 4.18. The number of aromatic nitrogens is 2. The van der Waals surface area contributed by atoms with Crippen molar-refractivity contribution in [3.8, 4) is 0 Å². The lowest BCUT2D eigenvalue weighted by molar-refractivity contribution is 0.0628. The molecule has 0 radical (unpaired) electrons. The van der Waals surface area contributed by atoms with E-state index < -0.39 is 0 Å². The summed E-state index contributed by atoms with van der Waals surface area (Å²) in [4.78, 5) is 16.8. The van der Waals surface area contributed by atoms with Crippen molar-refractivity contribution in [3.63, 3.8) is 0 Å². The first-order valence-electron chi connectivity index (χ1n) is 7.84. The summed E-state index contributed by atoms with van der Waals surface area (Å²) in [7, 11) is 0. The van der Waals surface area contributed by atoms with Gasteiger partial charge >= 0.3 is 0 Å². The van der Waals surface area contributed by atoms with Gasteiger partial charge in [0.15, 0.2) is 0 Å². The van der Waals surface area contributed by atoms with Crippen LogP contribution in [0.5, 0.6) is 0 Å². The average Bonchev–Trinajstić information content (AvgIpc) is 3.05. The molecule has 1 aromatic heterocycles. The van der Waals surface area contributed by atoms with Crippen LogP contribution in [0.15, 0.2) is 42.7 Å². The zero-order valence-electron chi connectivity index (χ0n) is 13.0. The van der Waals surface area contributed by atoms with Gasteiger partial charge < -0.3 is 4.90 Å². The van der Waals surface area contributed by atoms with Gasteiger partial charge in [0.2, 0.25) is 0 Å². The fourth-order valence-electron chi connectivity index (χ4n) is 2.78. The molecule has 116 valence electrons. The van der Waals surface area contributed by atoms with Crippen molar-refractivity contribution in [2.45, 2.75) is 20.0 Å². The second kappa shape index (κ2) is 6.75. The Bertz CT molecular complexity index is 615. The first kappa shape index (κ1) is 14.8. The van der Waals surface area contributed by atoms with Crippen molar-refractivity contribution in [1.29, 1.82) is 0 Å². The maximum Gasteiger partial charge on any atom is 0.257 e. The zero-order valence-corrected chi connectivity index (χ0v) is 13.0. The van der Waals surface area contributed by atoms with Crippen LogP contribution in [0.3, 0.4) is 0 Å². The Kier molecular flexibility index (Phi) is 4.53. The minimum atomic E-state index is 0.0964. The quantitative estimate of drug-likeness (QED) is 0.865. The molecule has 0 atom stereocenters. The third kappa shape index (κ3) is 3.36. The van der Waals surface area contributed by atoms with E-state index in [0.29, 0.717) is 5.56 Å². The SMILES string of the molecule is CCn1cc(C(=O)N2CCN(Cc3ccccc3)CC2)cn1. The van der Waals surface area contributed by atoms with Crippen LogP contribution in [-0.4, -0.2) is 51.7 Å². The molecule has 0 unspecified atom stereocenters. The minimum Gasteiger partial charge on any atom is -0.336 e. The van der Waals surface area contributed by atoms with Crippen LogP contribution >= 0.6 is 0 Å². The van der Waals surface area contributed by atoms with Gasteiger partial charge in [0.05, 0.1) is 11.8 Å². The molecule has 1 amide bonds. The number of aryl methyl sites for hydroxylation is 1. The molecule has 0 spiro atoms. The van der Waals surface area contributed by atoms with E-state index in [-0.39, 0.29) is 5.91 Å². The standard InChI is InChI=1S/C17H22N4O/c1-2-21-14-16(12-18-21)17(22)20-10-8-19(9-11-20)13-15-6-4-3-5-7-15/h3-7,12,14H,2,8-11,13H2,1H3. The average molecular weight is 298 g/mol. The smallest absolute Gasteiger partial charge is 0.257 e. The summed E-state index contributed by atoms with van der Waals surface area (Å²) in [6.07, 6.45) is 3.50. The van der Waals surface area contributed by atoms with Crippen LogP contribution in [0.1, 0.15) is 22.8 Å². The maximum atomic E-state index is 12.4. The van der Waals surface area contributed by atoms with Crippen molar-refractivity contribution in [1.82, 2.24) is 19.6 Å². The number of carbonyl (C=O) groups excluding carboxylic acids is 1. The molecule has 1 saturated heterocycles. The molecule has 22 heavy (non-hydrogen) atoms. The van der Waals surface area contributed by atoms with E-state index in [1.165, 1.54) is 5.56 Å². The predicted molar refractivity (Wildman–Crippen MR) is 85.5 cm³/mol. The normalized spacial score (nSPS) is 16.0. The van der Waals surface area contributed by atoms with Gasteiger partial charge in [-0.15, -0.1) is 0 Å². The van der Waals surface area contributed by atoms with Crippen molar-refractivity contribution in [3.05, 3.63) is 53.9 Å². The van der Waals surface area contributed by atoms with Gasteiger partial charge in [-0.25, -0.2) is 0 Å². The summed E-state index contributed by atoms with van der Waals surface area (Å²) in [5.74, 6) is 0.0964. The zero-order chi connectivity index (χ0) is 15.4. The van der Waals surface area contributed by atoms with E-state index in [9.17, 15) is 4.79 Å². The van der Waals surface area contributed by atoms with Crippen molar-refractivity contribution >= 4 is 5.91 Å². The van der Waals surface area contributed by atoms with Crippen LogP contribution in [0.2, 0.25) is 0 Å². The molecule has 3 rings (SSSR count). The molecule has 0 N–H and O–H groups in total. The number of hydrogen-bond donors (Lipinski definition) is 0. The number of piperazine rings is 1. The Balaban J connectivity index is 1.54. The fraction of sp³-hybridized carbons (Fsp3) is 0.412. The number of nitrogens with zero attached hydrogens (tertiary/aromatic N) is 4. The molecule has 0 aliphatic carbocycles. The molecule has 0 bridgehead atoms. The van der Waals surface area contributed by atoms with Gasteiger partial charge in [-0.3, -0.25) is 14.4 Å². The van der Waals surface area contributed by atoms with Crippen molar-refractivity contribution in [2.75, 3.05) is 26.2 Å². The summed E-state index contributed by atoms with van der Waals surface area (Å²) in [6, 6.07) is 10.5. The largest absolute Gasteiger partial charge is 0.336 e. The Morgan fingerprint density at radius 2 is 1.86 bits per heavy atom. The highest BCUT2D eigenvalue weighted by molar-refractivity contribution is 5.93. The lowest BCUT2D eigenvalue weighted by Gasteiger charge is -2.34. The predicted octanol–water partition coefficient (Wildman–Crippen LogP) is 1.86. The number of hydrogen-bond acceptors (Lipinski definition) is 3. The summed E-state index contributed by atoms with van der Waals surface area (Å²) in [5.41, 5.74) is 2.02. The number of carbonyl (C=O) groups is 1. The van der Waals surface area contributed by atoms with Gasteiger partial charge in [-0.1, -0.05) is 30.3 Å². The molecule has 5 nitrogen and oxygen atoms in total. The van der Waals surface area contributed by atoms with E-state index in [0.717, 1.165) is 39.3 Å². The monoisotopic (exact) mass is 298 g/mol. The Morgan fingerprint density at radius 1 is 1.14 bits per heavy atom. The van der Waals surface area contributed by atoms with Gasteiger partial charge in [0.1, 0.15) is 0 Å². The number of rotatable bonds is 4. The first-order chi connectivity index (χ1) is 10.8. The molecule has 2 heterocycles. The molecule has 1 aliphatic rings. The molecular weight excluding hydrogens is 276 g/mol. The maximum absolute atomic E-state index is 12.4. The van der Waals surface area contributed by atoms with Crippen LogP contribution in [0, 0.1) is 0 Å². The third-order valence-electron chi connectivity index (χ3n) is 4.11. The van der Waals surface area contributed by atoms with Crippen LogP contribution < -0.4 is 0 Å². The molecule has 1 aliphatic heterocycles. The number of benzene rings is 1. The van der Waals surface area contributed by atoms with E-state index >= 15 is 0 Å². The minimum absolute atomic E-state index is 0.0964. The molecule has 5 heteroatoms. The Labute approximate surface area is 131 Å². The molecule has 0 saturated carbocycles. The van der Waals surface area contributed by atoms with Gasteiger partial charge in [-0.2, -0.15) is 5.10 Å². The highest BCUT2D eigenvalue weighted by atomic mass is 16.2. The molecule has 1 aromatic carbocycles. The third-order valence-corrected chi connectivity index (χ3v) is 4.11. The molecular formula is C17H22N4O. The van der Waals surface area contributed by atoms with Crippen LogP contribution in [0.25, 0.3) is 0 Å².